The van der Waals surface area contributed by atoms with Gasteiger partial charge in [-0.25, -0.2) is 8.78 Å². The van der Waals surface area contributed by atoms with Crippen LogP contribution in [0.15, 0.2) is 18.2 Å². The summed E-state index contributed by atoms with van der Waals surface area (Å²) in [5.74, 6) is -0.715. The Balaban J connectivity index is 2.16. The summed E-state index contributed by atoms with van der Waals surface area (Å²) in [7, 11) is 0. The molecule has 0 amide bonds. The molecule has 1 fully saturated rings. The normalized spacial score (nSPS) is 24.9. The van der Waals surface area contributed by atoms with Crippen LogP contribution >= 0.6 is 0 Å². The summed E-state index contributed by atoms with van der Waals surface area (Å²) in [5, 5.41) is 3.57. The molecule has 1 saturated heterocycles. The highest BCUT2D eigenvalue weighted by Crippen LogP contribution is 2.23. The lowest BCUT2D eigenvalue weighted by Crippen LogP contribution is -2.44. The van der Waals surface area contributed by atoms with Crippen LogP contribution in [0, 0.1) is 11.6 Å². The van der Waals surface area contributed by atoms with E-state index in [9.17, 15) is 8.78 Å². The van der Waals surface area contributed by atoms with E-state index in [1.54, 1.807) is 0 Å². The van der Waals surface area contributed by atoms with Crippen molar-refractivity contribution in [2.24, 2.45) is 0 Å². The second kappa shape index (κ2) is 6.33. The average Bonchev–Trinajstić information content (AvgIpc) is 2.38. The number of anilines is 1. The van der Waals surface area contributed by atoms with Crippen molar-refractivity contribution in [2.45, 2.75) is 45.2 Å². The molecule has 2 unspecified atom stereocenters. The summed E-state index contributed by atoms with van der Waals surface area (Å²) in [6.07, 6.45) is 2.95. The molecule has 2 atom stereocenters. The highest BCUT2D eigenvalue weighted by molar-refractivity contribution is 5.48. The van der Waals surface area contributed by atoms with Crippen LogP contribution in [0.25, 0.3) is 0 Å². The van der Waals surface area contributed by atoms with Crippen LogP contribution in [0.5, 0.6) is 0 Å². The first-order chi connectivity index (χ1) is 9.10. The maximum atomic E-state index is 13.8. The van der Waals surface area contributed by atoms with Crippen LogP contribution in [0.2, 0.25) is 0 Å². The summed E-state index contributed by atoms with van der Waals surface area (Å²) in [6.45, 7) is 5.82. The molecule has 0 spiro atoms. The first kappa shape index (κ1) is 14.3. The second-order valence-corrected chi connectivity index (χ2v) is 5.33. The Bertz CT molecular complexity index is 423. The maximum absolute atomic E-state index is 13.8. The third-order valence-corrected chi connectivity index (χ3v) is 3.84. The van der Waals surface area contributed by atoms with Gasteiger partial charge in [-0.15, -0.1) is 0 Å². The number of rotatable bonds is 2. The van der Waals surface area contributed by atoms with Gasteiger partial charge in [-0.05, 0) is 38.3 Å². The van der Waals surface area contributed by atoms with Crippen LogP contribution in [0.4, 0.5) is 14.5 Å². The van der Waals surface area contributed by atoms with E-state index in [-0.39, 0.29) is 11.6 Å². The fraction of sp³-hybridized carbons (Fsp3) is 0.600. The molecule has 1 N–H and O–H groups in total. The zero-order valence-electron chi connectivity index (χ0n) is 11.6. The summed E-state index contributed by atoms with van der Waals surface area (Å²) in [4.78, 5) is 1.97. The molecule has 2 rings (SSSR count). The van der Waals surface area contributed by atoms with E-state index >= 15 is 0 Å². The third kappa shape index (κ3) is 3.66. The molecule has 0 radical (unpaired) electrons. The monoisotopic (exact) mass is 268 g/mol. The van der Waals surface area contributed by atoms with Crippen LogP contribution < -0.4 is 10.2 Å². The Hall–Kier alpha value is -1.16. The van der Waals surface area contributed by atoms with Crippen LogP contribution in [-0.2, 0) is 0 Å². The quantitative estimate of drug-likeness (QED) is 0.885. The Labute approximate surface area is 113 Å². The average molecular weight is 268 g/mol. The summed E-state index contributed by atoms with van der Waals surface area (Å²) >= 11 is 0. The van der Waals surface area contributed by atoms with Crippen molar-refractivity contribution in [3.05, 3.63) is 29.8 Å². The minimum absolute atomic E-state index is 0.337. The summed E-state index contributed by atoms with van der Waals surface area (Å²) < 4.78 is 27.1. The zero-order valence-corrected chi connectivity index (χ0v) is 11.6. The van der Waals surface area contributed by atoms with E-state index < -0.39 is 0 Å². The molecule has 1 aromatic rings. The molecule has 0 bridgehead atoms. The lowest BCUT2D eigenvalue weighted by atomic mass is 10.0. The number of halogens is 2. The van der Waals surface area contributed by atoms with Crippen molar-refractivity contribution in [1.82, 2.24) is 5.32 Å². The molecule has 4 heteroatoms. The number of hydrogen-bond donors (Lipinski definition) is 1. The largest absolute Gasteiger partial charge is 0.369 e. The predicted octanol–water partition coefficient (Wildman–Crippen LogP) is 3.32. The number of nitrogens with one attached hydrogen (secondary N) is 1. The van der Waals surface area contributed by atoms with Crippen LogP contribution in [-0.4, -0.2) is 25.2 Å². The van der Waals surface area contributed by atoms with Gasteiger partial charge in [-0.3, -0.25) is 0 Å². The number of nitrogens with zero attached hydrogens (tertiary/aromatic N) is 1. The Morgan fingerprint density at radius 1 is 1.26 bits per heavy atom. The highest BCUT2D eigenvalue weighted by atomic mass is 19.1. The van der Waals surface area contributed by atoms with E-state index in [4.69, 9.17) is 0 Å². The van der Waals surface area contributed by atoms with Crippen LogP contribution in [0.3, 0.4) is 0 Å². The molecule has 0 aromatic heterocycles. The molecule has 0 aliphatic carbocycles. The van der Waals surface area contributed by atoms with Crippen LogP contribution in [0.1, 0.15) is 33.1 Å². The number of benzene rings is 1. The Kier molecular flexibility index (Phi) is 4.75. The van der Waals surface area contributed by atoms with Gasteiger partial charge < -0.3 is 10.2 Å². The van der Waals surface area contributed by atoms with Gasteiger partial charge in [0.15, 0.2) is 0 Å². The lowest BCUT2D eigenvalue weighted by Gasteiger charge is -2.33. The summed E-state index contributed by atoms with van der Waals surface area (Å²) in [5.41, 5.74) is 0.393. The SMILES string of the molecule is CCC1CCN(c2cc(F)ccc2F)CCC(C)N1. The highest BCUT2D eigenvalue weighted by Gasteiger charge is 2.19. The van der Waals surface area contributed by atoms with Crippen molar-refractivity contribution in [2.75, 3.05) is 18.0 Å². The Morgan fingerprint density at radius 2 is 2.00 bits per heavy atom. The Morgan fingerprint density at radius 3 is 2.74 bits per heavy atom. The van der Waals surface area contributed by atoms with Crippen molar-refractivity contribution >= 4 is 5.69 Å². The molecule has 0 saturated carbocycles. The van der Waals surface area contributed by atoms with Gasteiger partial charge in [-0.1, -0.05) is 6.92 Å². The molecular weight excluding hydrogens is 246 g/mol. The molecule has 2 nitrogen and oxygen atoms in total. The minimum Gasteiger partial charge on any atom is -0.369 e. The predicted molar refractivity (Wildman–Crippen MR) is 74.5 cm³/mol. The molecule has 19 heavy (non-hydrogen) atoms. The lowest BCUT2D eigenvalue weighted by molar-refractivity contribution is 0.377. The molecule has 106 valence electrons. The van der Waals surface area contributed by atoms with E-state index in [2.05, 4.69) is 19.2 Å². The molecule has 1 aromatic carbocycles. The van der Waals surface area contributed by atoms with Gasteiger partial charge in [0.25, 0.3) is 0 Å². The van der Waals surface area contributed by atoms with Gasteiger partial charge in [-0.2, -0.15) is 0 Å². The van der Waals surface area contributed by atoms with Gasteiger partial charge in [0.1, 0.15) is 11.6 Å². The zero-order chi connectivity index (χ0) is 13.8. The smallest absolute Gasteiger partial charge is 0.146 e. The van der Waals surface area contributed by atoms with Gasteiger partial charge in [0.05, 0.1) is 5.69 Å². The summed E-state index contributed by atoms with van der Waals surface area (Å²) in [6, 6.07) is 4.54. The van der Waals surface area contributed by atoms with Gasteiger partial charge >= 0.3 is 0 Å². The van der Waals surface area contributed by atoms with Gasteiger partial charge in [0.2, 0.25) is 0 Å². The van der Waals surface area contributed by atoms with E-state index in [0.29, 0.717) is 17.8 Å². The molecular formula is C15H22F2N2. The molecule has 1 aliphatic heterocycles. The first-order valence-corrected chi connectivity index (χ1v) is 7.06. The topological polar surface area (TPSA) is 15.3 Å². The van der Waals surface area contributed by atoms with Crippen molar-refractivity contribution < 1.29 is 8.78 Å². The van der Waals surface area contributed by atoms with E-state index in [1.165, 1.54) is 18.2 Å². The minimum atomic E-state index is -0.378. The van der Waals surface area contributed by atoms with E-state index in [1.807, 2.05) is 4.90 Å². The van der Waals surface area contributed by atoms with Crippen molar-refractivity contribution in [1.29, 1.82) is 0 Å². The van der Waals surface area contributed by atoms with Gasteiger partial charge in [0, 0.05) is 31.2 Å². The van der Waals surface area contributed by atoms with Crippen molar-refractivity contribution in [3.8, 4) is 0 Å². The standard InChI is InChI=1S/C15H22F2N2/c1-3-13-7-9-19(8-6-11(2)18-13)15-10-12(16)4-5-14(15)17/h4-5,10-11,13,18H,3,6-9H2,1-2H3. The molecule has 1 aliphatic rings. The van der Waals surface area contributed by atoms with Crippen molar-refractivity contribution in [3.63, 3.8) is 0 Å². The fourth-order valence-electron chi connectivity index (χ4n) is 2.63. The maximum Gasteiger partial charge on any atom is 0.146 e. The molecule has 1 heterocycles. The fourth-order valence-corrected chi connectivity index (χ4v) is 2.63. The first-order valence-electron chi connectivity index (χ1n) is 7.06. The third-order valence-electron chi connectivity index (χ3n) is 3.84. The van der Waals surface area contributed by atoms with E-state index in [0.717, 1.165) is 32.4 Å². The second-order valence-electron chi connectivity index (χ2n) is 5.33. The number of hydrogen-bond acceptors (Lipinski definition) is 2.